The van der Waals surface area contributed by atoms with Gasteiger partial charge in [-0.05, 0) is 4.57 Å². The molecular weight excluding hydrogens is 457 g/mol. The van der Waals surface area contributed by atoms with E-state index in [-0.39, 0.29) is 42.0 Å². The topological polar surface area (TPSA) is 199 Å². The number of aromatic amines is 2. The van der Waals surface area contributed by atoms with Crippen LogP contribution in [0.1, 0.15) is 26.5 Å². The molecule has 33 heavy (non-hydrogen) atoms. The van der Waals surface area contributed by atoms with E-state index in [0.717, 1.165) is 4.68 Å². The number of amides is 1. The molecule has 15 heteroatoms. The molecule has 3 aromatic heterocycles. The molecule has 0 saturated carbocycles. The zero-order chi connectivity index (χ0) is 24.0. The van der Waals surface area contributed by atoms with Crippen molar-refractivity contribution in [2.75, 3.05) is 11.9 Å². The van der Waals surface area contributed by atoms with Gasteiger partial charge >= 0.3 is 8.25 Å². The number of nitrogens with one attached hydrogen (secondary N) is 3. The first kappa shape index (κ1) is 24.5. The minimum absolute atomic E-state index is 0.0314. The van der Waals surface area contributed by atoms with Crippen molar-refractivity contribution in [1.82, 2.24) is 25.0 Å². The van der Waals surface area contributed by atoms with Crippen molar-refractivity contribution < 1.29 is 33.6 Å². The third-order valence-electron chi connectivity index (χ3n) is 4.52. The Bertz CT molecular complexity index is 1130. The lowest BCUT2D eigenvalue weighted by atomic mass is 10.2. The quantitative estimate of drug-likeness (QED) is 0.379. The number of fused-ring (bicyclic) bond motifs is 1. The van der Waals surface area contributed by atoms with Crippen LogP contribution in [-0.2, 0) is 18.6 Å². The van der Waals surface area contributed by atoms with Gasteiger partial charge in [0.05, 0.1) is 12.7 Å². The Labute approximate surface area is 187 Å². The summed E-state index contributed by atoms with van der Waals surface area (Å²) in [6.07, 6.45) is 1.09. The number of carbonyl (C=O) groups excluding carboxylic acids is 1. The molecule has 1 unspecified atom stereocenters. The van der Waals surface area contributed by atoms with Crippen LogP contribution in [0.4, 0.5) is 5.95 Å². The summed E-state index contributed by atoms with van der Waals surface area (Å²) in [5, 5.41) is 19.3. The maximum absolute atomic E-state index is 12.2. The molecule has 1 fully saturated rings. The number of aliphatic hydroxyl groups is 1. The van der Waals surface area contributed by atoms with Gasteiger partial charge in [0.1, 0.15) is 0 Å². The normalized spacial score (nSPS) is 20.4. The summed E-state index contributed by atoms with van der Waals surface area (Å²) in [5.74, 6) is -0.818. The molecule has 0 spiro atoms. The fourth-order valence-electron chi connectivity index (χ4n) is 2.93. The Kier molecular flexibility index (Phi) is 8.25. The zero-order valence-corrected chi connectivity index (χ0v) is 18.6. The Balaban J connectivity index is 0.000000442. The average Bonchev–Trinajstić information content (AvgIpc) is 3.38. The standard InChI is InChI=1S/C13H17N6O7P.C5H5N/c1-5(2)10(21)15-13-14-9-8(11(22)16-13)17-18-19(9)12-7(26-27(23)24)3-6(4-20)25-12;1-2-4-6-5-3-1/h5-7,12,20H,3-4H2,1-2H3,(H2,14,15,16,21,22);1-5H/p+1/t6-,7-,12+;/m0./s1. The Morgan fingerprint density at radius 1 is 1.45 bits per heavy atom. The van der Waals surface area contributed by atoms with Crippen molar-refractivity contribution in [2.45, 2.75) is 38.7 Å². The second kappa shape index (κ2) is 11.1. The summed E-state index contributed by atoms with van der Waals surface area (Å²) >= 11 is 0. The number of nitrogens with zero attached hydrogens (tertiary/aromatic N) is 4. The van der Waals surface area contributed by atoms with Gasteiger partial charge in [0.25, 0.3) is 5.56 Å². The van der Waals surface area contributed by atoms with Gasteiger partial charge in [-0.2, -0.15) is 9.67 Å². The van der Waals surface area contributed by atoms with Crippen LogP contribution in [0.3, 0.4) is 0 Å². The molecule has 14 nitrogen and oxygen atoms in total. The lowest BCUT2D eigenvalue weighted by Crippen LogP contribution is -2.25. The van der Waals surface area contributed by atoms with Crippen LogP contribution in [0.2, 0.25) is 0 Å². The predicted octanol–water partition coefficient (Wildman–Crippen LogP) is -0.707. The van der Waals surface area contributed by atoms with Crippen molar-refractivity contribution in [3.8, 4) is 0 Å². The third kappa shape index (κ3) is 6.21. The Hall–Kier alpha value is -3.16. The van der Waals surface area contributed by atoms with Crippen LogP contribution in [0.15, 0.2) is 35.4 Å². The number of anilines is 1. The summed E-state index contributed by atoms with van der Waals surface area (Å²) in [7, 11) is -3.18. The molecule has 1 amide bonds. The van der Waals surface area contributed by atoms with Gasteiger partial charge in [-0.15, -0.1) is 9.62 Å². The van der Waals surface area contributed by atoms with Gasteiger partial charge in [0, 0.05) is 24.5 Å². The molecule has 4 N–H and O–H groups in total. The molecule has 1 aliphatic heterocycles. The van der Waals surface area contributed by atoms with Crippen molar-refractivity contribution >= 4 is 31.3 Å². The van der Waals surface area contributed by atoms with E-state index in [1.807, 2.05) is 30.6 Å². The number of aliphatic hydroxyl groups excluding tert-OH is 1. The van der Waals surface area contributed by atoms with E-state index in [4.69, 9.17) is 9.26 Å². The fraction of sp³-hybridized carbons (Fsp3) is 0.444. The molecule has 176 valence electrons. The number of hydrogen-bond donors (Lipinski definition) is 3. The van der Waals surface area contributed by atoms with E-state index >= 15 is 0 Å². The maximum atomic E-state index is 12.2. The summed E-state index contributed by atoms with van der Waals surface area (Å²) in [5.41, 5.74) is -0.802. The molecule has 0 aliphatic carbocycles. The number of carbonyl (C=O) groups is 1. The molecule has 0 bridgehead atoms. The first-order valence-corrected chi connectivity index (χ1v) is 11.0. The molecule has 0 aromatic carbocycles. The van der Waals surface area contributed by atoms with Crippen LogP contribution >= 0.6 is 8.25 Å². The van der Waals surface area contributed by atoms with E-state index in [2.05, 4.69) is 30.6 Å². The summed E-state index contributed by atoms with van der Waals surface area (Å²) in [6, 6.07) is 5.86. The molecule has 1 saturated heterocycles. The highest BCUT2D eigenvalue weighted by atomic mass is 31.1. The van der Waals surface area contributed by atoms with Gasteiger partial charge in [-0.25, -0.2) is 4.98 Å². The number of hydrogen-bond acceptors (Lipinski definition) is 10. The highest BCUT2D eigenvalue weighted by Crippen LogP contribution is 2.35. The lowest BCUT2D eigenvalue weighted by molar-refractivity contribution is -0.377. The molecule has 0 radical (unpaired) electrons. The fourth-order valence-corrected chi connectivity index (χ4v) is 3.34. The number of H-pyrrole nitrogens is 2. The van der Waals surface area contributed by atoms with Gasteiger partial charge in [0.2, 0.25) is 11.9 Å². The van der Waals surface area contributed by atoms with Crippen LogP contribution in [0.25, 0.3) is 11.2 Å². The van der Waals surface area contributed by atoms with E-state index in [1.165, 1.54) is 0 Å². The first-order valence-electron chi connectivity index (χ1n) is 9.94. The molecule has 4 rings (SSSR count). The van der Waals surface area contributed by atoms with Gasteiger partial charge in [-0.3, -0.25) is 19.9 Å². The molecule has 4 heterocycles. The summed E-state index contributed by atoms with van der Waals surface area (Å²) in [4.78, 5) is 44.4. The second-order valence-corrected chi connectivity index (χ2v) is 7.93. The van der Waals surface area contributed by atoms with Crippen molar-refractivity contribution in [1.29, 1.82) is 0 Å². The SMILES string of the molecule is CC(C)C(=O)Nc1nc2c(nnn2[C@@H]2O[C@H](CO)C[C@@H]2O[P+](=O)[O-])c(=O)[nH]1.c1cc[nH+]cc1. The monoisotopic (exact) mass is 480 g/mol. The van der Waals surface area contributed by atoms with Crippen molar-refractivity contribution in [3.05, 3.63) is 40.9 Å². The van der Waals surface area contributed by atoms with Crippen LogP contribution in [-0.4, -0.2) is 54.8 Å². The van der Waals surface area contributed by atoms with Crippen LogP contribution < -0.4 is 20.8 Å². The average molecular weight is 480 g/mol. The lowest BCUT2D eigenvalue weighted by Gasteiger charge is -2.15. The molecular formula is C18H23N7O7P+. The van der Waals surface area contributed by atoms with E-state index in [1.54, 1.807) is 13.8 Å². The molecule has 3 aromatic rings. The van der Waals surface area contributed by atoms with Crippen LogP contribution in [0.5, 0.6) is 0 Å². The van der Waals surface area contributed by atoms with E-state index in [0.29, 0.717) is 0 Å². The minimum Gasteiger partial charge on any atom is -0.566 e. The smallest absolute Gasteiger partial charge is 0.488 e. The van der Waals surface area contributed by atoms with E-state index < -0.39 is 32.2 Å². The van der Waals surface area contributed by atoms with E-state index in [9.17, 15) is 24.2 Å². The van der Waals surface area contributed by atoms with Crippen molar-refractivity contribution in [3.63, 3.8) is 0 Å². The van der Waals surface area contributed by atoms with Gasteiger partial charge in [0.15, 0.2) is 35.9 Å². The Morgan fingerprint density at radius 2 is 2.18 bits per heavy atom. The van der Waals surface area contributed by atoms with Gasteiger partial charge in [-0.1, -0.05) is 25.1 Å². The number of pyridine rings is 1. The molecule has 4 atom stereocenters. The summed E-state index contributed by atoms with van der Waals surface area (Å²) in [6.45, 7) is 2.98. The highest BCUT2D eigenvalue weighted by Gasteiger charge is 2.42. The maximum Gasteiger partial charge on any atom is 0.488 e. The minimum atomic E-state index is -3.18. The number of ether oxygens (including phenoxy) is 1. The summed E-state index contributed by atoms with van der Waals surface area (Å²) < 4.78 is 22.4. The number of aromatic nitrogens is 6. The number of rotatable bonds is 6. The largest absolute Gasteiger partial charge is 0.566 e. The predicted molar refractivity (Wildman–Crippen MR) is 111 cm³/mol. The Morgan fingerprint density at radius 3 is 2.73 bits per heavy atom. The molecule has 1 aliphatic rings. The van der Waals surface area contributed by atoms with Crippen LogP contribution in [0, 0.1) is 5.92 Å². The van der Waals surface area contributed by atoms with Gasteiger partial charge < -0.3 is 14.7 Å². The zero-order valence-electron chi connectivity index (χ0n) is 17.7. The third-order valence-corrected chi connectivity index (χ3v) is 4.96. The van der Waals surface area contributed by atoms with Crippen molar-refractivity contribution in [2.24, 2.45) is 5.92 Å². The second-order valence-electron chi connectivity index (χ2n) is 7.28. The first-order chi connectivity index (χ1) is 15.8. The highest BCUT2D eigenvalue weighted by molar-refractivity contribution is 7.30.